The Morgan fingerprint density at radius 2 is 2.12 bits per heavy atom. The number of fused-ring (bicyclic) bond motifs is 1. The van der Waals surface area contributed by atoms with Crippen LogP contribution in [-0.4, -0.2) is 22.6 Å². The van der Waals surface area contributed by atoms with Crippen LogP contribution in [0.25, 0.3) is 11.0 Å². The monoisotopic (exact) mass is 354 g/mol. The van der Waals surface area contributed by atoms with Gasteiger partial charge in [-0.25, -0.2) is 4.79 Å². The van der Waals surface area contributed by atoms with Gasteiger partial charge in [-0.3, -0.25) is 9.78 Å². The lowest BCUT2D eigenvalue weighted by atomic mass is 10.1. The van der Waals surface area contributed by atoms with Gasteiger partial charge < -0.3 is 19.6 Å². The first-order valence-corrected chi connectivity index (χ1v) is 8.11. The lowest BCUT2D eigenvalue weighted by Crippen LogP contribution is -2.21. The molecule has 0 saturated heterocycles. The SMILES string of the molecule is CCOc1ccccc1NC(=O)c1cc2c(CO)cnc(C)c2oc1=O. The fourth-order valence-corrected chi connectivity index (χ4v) is 2.61. The average molecular weight is 354 g/mol. The molecule has 3 rings (SSSR count). The third-order valence-electron chi connectivity index (χ3n) is 3.89. The maximum atomic E-state index is 12.6. The maximum Gasteiger partial charge on any atom is 0.349 e. The molecule has 0 saturated carbocycles. The average Bonchev–Trinajstić information content (AvgIpc) is 2.64. The van der Waals surface area contributed by atoms with Crippen LogP contribution >= 0.6 is 0 Å². The zero-order valence-corrected chi connectivity index (χ0v) is 14.4. The van der Waals surface area contributed by atoms with Crippen molar-refractivity contribution in [3.63, 3.8) is 0 Å². The number of aryl methyl sites for hydroxylation is 1. The molecule has 26 heavy (non-hydrogen) atoms. The van der Waals surface area contributed by atoms with E-state index in [1.807, 2.05) is 6.92 Å². The molecule has 7 heteroatoms. The number of para-hydroxylation sites is 2. The fourth-order valence-electron chi connectivity index (χ4n) is 2.61. The molecule has 0 bridgehead atoms. The van der Waals surface area contributed by atoms with Crippen LogP contribution in [0.3, 0.4) is 0 Å². The van der Waals surface area contributed by atoms with Gasteiger partial charge in [-0.05, 0) is 32.0 Å². The Balaban J connectivity index is 2.04. The third-order valence-corrected chi connectivity index (χ3v) is 3.89. The molecule has 134 valence electrons. The zero-order valence-electron chi connectivity index (χ0n) is 14.4. The second kappa shape index (κ2) is 7.37. The molecule has 1 amide bonds. The Morgan fingerprint density at radius 1 is 1.35 bits per heavy atom. The number of aromatic nitrogens is 1. The van der Waals surface area contributed by atoms with E-state index in [1.54, 1.807) is 31.2 Å². The Morgan fingerprint density at radius 3 is 2.85 bits per heavy atom. The number of nitrogens with zero attached hydrogens (tertiary/aromatic N) is 1. The van der Waals surface area contributed by atoms with Crippen molar-refractivity contribution in [1.82, 2.24) is 4.98 Å². The molecule has 0 atom stereocenters. The van der Waals surface area contributed by atoms with Crippen molar-refractivity contribution in [3.8, 4) is 5.75 Å². The van der Waals surface area contributed by atoms with E-state index in [2.05, 4.69) is 10.3 Å². The fraction of sp³-hybridized carbons (Fsp3) is 0.211. The number of aliphatic hydroxyl groups excluding tert-OH is 1. The summed E-state index contributed by atoms with van der Waals surface area (Å²) in [6, 6.07) is 8.36. The smallest absolute Gasteiger partial charge is 0.349 e. The van der Waals surface area contributed by atoms with E-state index < -0.39 is 11.5 Å². The van der Waals surface area contributed by atoms with Gasteiger partial charge in [-0.15, -0.1) is 0 Å². The van der Waals surface area contributed by atoms with E-state index >= 15 is 0 Å². The van der Waals surface area contributed by atoms with E-state index in [0.29, 0.717) is 34.7 Å². The van der Waals surface area contributed by atoms with Gasteiger partial charge in [-0.2, -0.15) is 0 Å². The zero-order chi connectivity index (χ0) is 18.7. The highest BCUT2D eigenvalue weighted by atomic mass is 16.5. The first kappa shape index (κ1) is 17.6. The lowest BCUT2D eigenvalue weighted by molar-refractivity contribution is 0.102. The van der Waals surface area contributed by atoms with Crippen LogP contribution in [0.2, 0.25) is 0 Å². The Labute approximate surface area is 149 Å². The minimum absolute atomic E-state index is 0.163. The highest BCUT2D eigenvalue weighted by Crippen LogP contribution is 2.25. The summed E-state index contributed by atoms with van der Waals surface area (Å²) < 4.78 is 10.8. The predicted octanol–water partition coefficient (Wildman–Crippen LogP) is 2.64. The predicted molar refractivity (Wildman–Crippen MR) is 96.5 cm³/mol. The summed E-state index contributed by atoms with van der Waals surface area (Å²) >= 11 is 0. The van der Waals surface area contributed by atoms with E-state index in [4.69, 9.17) is 9.15 Å². The number of anilines is 1. The Hall–Kier alpha value is -3.19. The van der Waals surface area contributed by atoms with Gasteiger partial charge in [0.15, 0.2) is 5.58 Å². The lowest BCUT2D eigenvalue weighted by Gasteiger charge is -2.11. The standard InChI is InChI=1S/C19H18N2O5/c1-3-25-16-7-5-4-6-15(16)21-18(23)14-8-13-12(10-22)9-20-11(2)17(13)26-19(14)24/h4-9,22H,3,10H2,1-2H3,(H,21,23). The molecular weight excluding hydrogens is 336 g/mol. The van der Waals surface area contributed by atoms with E-state index in [0.717, 1.165) is 0 Å². The number of carbonyl (C=O) groups excluding carboxylic acids is 1. The summed E-state index contributed by atoms with van der Waals surface area (Å²) in [6.07, 6.45) is 1.49. The van der Waals surface area contributed by atoms with Gasteiger partial charge in [0, 0.05) is 17.1 Å². The molecule has 2 heterocycles. The number of amides is 1. The Bertz CT molecular complexity index is 1030. The van der Waals surface area contributed by atoms with Crippen molar-refractivity contribution in [1.29, 1.82) is 0 Å². The van der Waals surface area contributed by atoms with Gasteiger partial charge in [-0.1, -0.05) is 12.1 Å². The molecular formula is C19H18N2O5. The molecule has 7 nitrogen and oxygen atoms in total. The molecule has 0 fully saturated rings. The van der Waals surface area contributed by atoms with Crippen LogP contribution in [0.4, 0.5) is 5.69 Å². The van der Waals surface area contributed by atoms with Crippen molar-refractivity contribution >= 4 is 22.6 Å². The minimum atomic E-state index is -0.774. The highest BCUT2D eigenvalue weighted by Gasteiger charge is 2.18. The quantitative estimate of drug-likeness (QED) is 0.730. The van der Waals surface area contributed by atoms with E-state index in [9.17, 15) is 14.7 Å². The molecule has 0 aliphatic carbocycles. The van der Waals surface area contributed by atoms with Gasteiger partial charge >= 0.3 is 5.63 Å². The minimum Gasteiger partial charge on any atom is -0.492 e. The topological polar surface area (TPSA) is 102 Å². The number of benzene rings is 1. The summed E-state index contributed by atoms with van der Waals surface area (Å²) in [5.74, 6) is -0.115. The number of hydrogen-bond donors (Lipinski definition) is 2. The first-order chi connectivity index (χ1) is 12.5. The van der Waals surface area contributed by atoms with Gasteiger partial charge in [0.05, 0.1) is 24.6 Å². The molecule has 2 aromatic heterocycles. The summed E-state index contributed by atoms with van der Waals surface area (Å²) in [5.41, 5.74) is 0.744. The van der Waals surface area contributed by atoms with Crippen LogP contribution in [0.5, 0.6) is 5.75 Å². The van der Waals surface area contributed by atoms with Crippen LogP contribution in [0.15, 0.2) is 45.7 Å². The van der Waals surface area contributed by atoms with Crippen LogP contribution in [0, 0.1) is 6.92 Å². The molecule has 2 N–H and O–H groups in total. The molecule has 0 aliphatic heterocycles. The van der Waals surface area contributed by atoms with E-state index in [1.165, 1.54) is 12.3 Å². The summed E-state index contributed by atoms with van der Waals surface area (Å²) in [7, 11) is 0. The first-order valence-electron chi connectivity index (χ1n) is 8.11. The molecule has 0 unspecified atom stereocenters. The Kier molecular flexibility index (Phi) is 4.99. The summed E-state index contributed by atoms with van der Waals surface area (Å²) in [6.45, 7) is 3.68. The van der Waals surface area contributed by atoms with Crippen molar-refractivity contribution in [2.75, 3.05) is 11.9 Å². The van der Waals surface area contributed by atoms with Gasteiger partial charge in [0.1, 0.15) is 11.3 Å². The number of nitrogens with one attached hydrogen (secondary N) is 1. The van der Waals surface area contributed by atoms with Crippen molar-refractivity contribution in [2.45, 2.75) is 20.5 Å². The molecule has 0 radical (unpaired) electrons. The molecule has 0 spiro atoms. The third kappa shape index (κ3) is 3.29. The van der Waals surface area contributed by atoms with Crippen LogP contribution in [0.1, 0.15) is 28.5 Å². The molecule has 3 aromatic rings. The van der Waals surface area contributed by atoms with E-state index in [-0.39, 0.29) is 17.8 Å². The largest absolute Gasteiger partial charge is 0.492 e. The van der Waals surface area contributed by atoms with Gasteiger partial charge in [0.25, 0.3) is 5.91 Å². The van der Waals surface area contributed by atoms with Crippen molar-refractivity contribution in [3.05, 3.63) is 63.8 Å². The maximum absolute atomic E-state index is 12.6. The molecule has 1 aromatic carbocycles. The van der Waals surface area contributed by atoms with Gasteiger partial charge in [0.2, 0.25) is 0 Å². The van der Waals surface area contributed by atoms with Crippen molar-refractivity contribution in [2.24, 2.45) is 0 Å². The normalized spacial score (nSPS) is 10.7. The summed E-state index contributed by atoms with van der Waals surface area (Å²) in [4.78, 5) is 29.0. The number of pyridine rings is 1. The van der Waals surface area contributed by atoms with Crippen LogP contribution in [-0.2, 0) is 6.61 Å². The number of rotatable bonds is 5. The highest BCUT2D eigenvalue weighted by molar-refractivity contribution is 6.06. The second-order valence-corrected chi connectivity index (χ2v) is 5.60. The summed E-state index contributed by atoms with van der Waals surface area (Å²) in [5, 5.41) is 12.6. The number of aliphatic hydroxyl groups is 1. The number of hydrogen-bond acceptors (Lipinski definition) is 6. The number of ether oxygens (including phenoxy) is 1. The van der Waals surface area contributed by atoms with Crippen molar-refractivity contribution < 1.29 is 19.1 Å². The second-order valence-electron chi connectivity index (χ2n) is 5.60. The number of carbonyl (C=O) groups is 1. The molecule has 0 aliphatic rings. The van der Waals surface area contributed by atoms with Crippen LogP contribution < -0.4 is 15.7 Å².